The molecule has 0 aliphatic rings. The minimum atomic E-state index is -2.96. The van der Waals surface area contributed by atoms with Gasteiger partial charge in [0.05, 0.1) is 23.3 Å². The minimum absolute atomic E-state index is 0.160. The zero-order valence-corrected chi connectivity index (χ0v) is 15.9. The summed E-state index contributed by atoms with van der Waals surface area (Å²) in [5.74, 6) is -0.366. The fourth-order valence-corrected chi connectivity index (χ4v) is 2.89. The van der Waals surface area contributed by atoms with E-state index in [1.807, 2.05) is 24.5 Å². The van der Waals surface area contributed by atoms with E-state index in [4.69, 9.17) is 0 Å². The fourth-order valence-electron chi connectivity index (χ4n) is 2.89. The first-order valence-electron chi connectivity index (χ1n) is 8.89. The van der Waals surface area contributed by atoms with Crippen molar-refractivity contribution in [2.45, 2.75) is 40.3 Å². The summed E-state index contributed by atoms with van der Waals surface area (Å²) in [6.07, 6.45) is 5.42. The third-order valence-corrected chi connectivity index (χ3v) is 4.30. The Morgan fingerprint density at radius 1 is 1.29 bits per heavy atom. The Morgan fingerprint density at radius 2 is 2.07 bits per heavy atom. The van der Waals surface area contributed by atoms with E-state index in [2.05, 4.69) is 25.0 Å². The van der Waals surface area contributed by atoms with Crippen molar-refractivity contribution in [1.82, 2.24) is 24.8 Å². The van der Waals surface area contributed by atoms with Crippen molar-refractivity contribution < 1.29 is 18.3 Å². The number of alkyl halides is 2. The topological polar surface area (TPSA) is 81.9 Å². The first-order valence-corrected chi connectivity index (χ1v) is 8.89. The highest BCUT2D eigenvalue weighted by molar-refractivity contribution is 6.05. The third-order valence-electron chi connectivity index (χ3n) is 4.30. The van der Waals surface area contributed by atoms with Gasteiger partial charge in [0.25, 0.3) is 5.91 Å². The van der Waals surface area contributed by atoms with Crippen LogP contribution in [0.5, 0.6) is 5.88 Å². The van der Waals surface area contributed by atoms with Gasteiger partial charge in [-0.25, -0.2) is 9.97 Å². The molecule has 1 amide bonds. The maximum Gasteiger partial charge on any atom is 0.388 e. The van der Waals surface area contributed by atoms with Crippen molar-refractivity contribution in [3.05, 3.63) is 47.2 Å². The fraction of sp³-hybridized carbons (Fsp3) is 0.368. The molecule has 0 bridgehead atoms. The third kappa shape index (κ3) is 4.08. The maximum absolute atomic E-state index is 12.6. The lowest BCUT2D eigenvalue weighted by Crippen LogP contribution is -2.23. The molecule has 3 rings (SSSR count). The van der Waals surface area contributed by atoms with E-state index in [0.29, 0.717) is 28.9 Å². The Morgan fingerprint density at radius 3 is 2.79 bits per heavy atom. The van der Waals surface area contributed by atoms with Gasteiger partial charge >= 0.3 is 6.61 Å². The molecule has 0 aliphatic heterocycles. The molecular formula is C19H21F2N5O2. The molecule has 0 fully saturated rings. The summed E-state index contributed by atoms with van der Waals surface area (Å²) >= 11 is 0. The van der Waals surface area contributed by atoms with Gasteiger partial charge in [-0.1, -0.05) is 6.92 Å². The average molecular weight is 389 g/mol. The molecule has 0 radical (unpaired) electrons. The van der Waals surface area contributed by atoms with E-state index in [1.165, 1.54) is 6.33 Å². The Hall–Kier alpha value is -3.10. The first-order chi connectivity index (χ1) is 13.4. The lowest BCUT2D eigenvalue weighted by molar-refractivity contribution is -0.0534. The molecule has 0 aliphatic carbocycles. The highest BCUT2D eigenvalue weighted by Crippen LogP contribution is 2.24. The Kier molecular flexibility index (Phi) is 5.81. The molecule has 7 nitrogen and oxygen atoms in total. The van der Waals surface area contributed by atoms with Gasteiger partial charge in [0, 0.05) is 24.5 Å². The van der Waals surface area contributed by atoms with Crippen LogP contribution in [-0.2, 0) is 6.54 Å². The van der Waals surface area contributed by atoms with Gasteiger partial charge < -0.3 is 14.6 Å². The number of hydrogen-bond acceptors (Lipinski definition) is 5. The van der Waals surface area contributed by atoms with Crippen LogP contribution in [0.2, 0.25) is 0 Å². The number of aromatic nitrogens is 4. The van der Waals surface area contributed by atoms with E-state index < -0.39 is 6.61 Å². The number of nitrogens with zero attached hydrogens (tertiary/aromatic N) is 4. The van der Waals surface area contributed by atoms with Crippen molar-refractivity contribution in [2.75, 3.05) is 6.54 Å². The smallest absolute Gasteiger partial charge is 0.388 e. The van der Waals surface area contributed by atoms with E-state index in [9.17, 15) is 13.6 Å². The molecule has 0 atom stereocenters. The number of nitrogens with one attached hydrogen (secondary N) is 1. The van der Waals surface area contributed by atoms with Crippen molar-refractivity contribution >= 4 is 16.9 Å². The Balaban J connectivity index is 2.02. The summed E-state index contributed by atoms with van der Waals surface area (Å²) in [5, 5.41) is 2.85. The molecule has 28 heavy (non-hydrogen) atoms. The number of halogens is 2. The predicted molar refractivity (Wildman–Crippen MR) is 99.6 cm³/mol. The summed E-state index contributed by atoms with van der Waals surface area (Å²) in [5.41, 5.74) is 3.67. The minimum Gasteiger partial charge on any atom is -0.417 e. The van der Waals surface area contributed by atoms with Crippen LogP contribution >= 0.6 is 0 Å². The van der Waals surface area contributed by atoms with Crippen LogP contribution < -0.4 is 10.1 Å². The van der Waals surface area contributed by atoms with Crippen LogP contribution in [0.25, 0.3) is 11.0 Å². The van der Waals surface area contributed by atoms with Gasteiger partial charge in [0.15, 0.2) is 0 Å². The summed E-state index contributed by atoms with van der Waals surface area (Å²) < 4.78 is 31.4. The number of fused-ring (bicyclic) bond motifs is 1. The number of ether oxygens (including phenoxy) is 1. The molecule has 0 saturated carbocycles. The molecule has 0 aromatic carbocycles. The van der Waals surface area contributed by atoms with Gasteiger partial charge in [-0.2, -0.15) is 8.78 Å². The second-order valence-corrected chi connectivity index (χ2v) is 6.44. The molecule has 1 N–H and O–H groups in total. The summed E-state index contributed by atoms with van der Waals surface area (Å²) in [6.45, 7) is 3.37. The second-order valence-electron chi connectivity index (χ2n) is 6.44. The van der Waals surface area contributed by atoms with Crippen LogP contribution in [0, 0.1) is 13.8 Å². The van der Waals surface area contributed by atoms with Gasteiger partial charge in [-0.05, 0) is 31.9 Å². The predicted octanol–water partition coefficient (Wildman–Crippen LogP) is 3.23. The highest BCUT2D eigenvalue weighted by atomic mass is 19.3. The van der Waals surface area contributed by atoms with E-state index >= 15 is 0 Å². The van der Waals surface area contributed by atoms with E-state index in [1.54, 1.807) is 19.3 Å². The van der Waals surface area contributed by atoms with Crippen LogP contribution in [0.15, 0.2) is 24.8 Å². The van der Waals surface area contributed by atoms with Gasteiger partial charge in [-0.15, -0.1) is 0 Å². The summed E-state index contributed by atoms with van der Waals surface area (Å²) in [6, 6.07) is 1.92. The number of pyridine rings is 1. The zero-order valence-electron chi connectivity index (χ0n) is 15.9. The monoisotopic (exact) mass is 389 g/mol. The second kappa shape index (κ2) is 8.28. The number of hydrogen-bond donors (Lipinski definition) is 1. The average Bonchev–Trinajstić information content (AvgIpc) is 3.00. The molecule has 3 aromatic heterocycles. The summed E-state index contributed by atoms with van der Waals surface area (Å²) in [7, 11) is 0. The molecule has 148 valence electrons. The van der Waals surface area contributed by atoms with Crippen LogP contribution in [0.4, 0.5) is 8.78 Å². The number of carbonyl (C=O) groups excluding carboxylic acids is 1. The molecule has 0 unspecified atom stereocenters. The number of carbonyl (C=O) groups is 1. The Bertz CT molecular complexity index is 1000. The van der Waals surface area contributed by atoms with Gasteiger partial charge in [-0.3, -0.25) is 9.78 Å². The van der Waals surface area contributed by atoms with Crippen molar-refractivity contribution in [1.29, 1.82) is 0 Å². The van der Waals surface area contributed by atoms with Crippen LogP contribution in [0.1, 0.15) is 40.5 Å². The molecule has 3 aromatic rings. The first kappa shape index (κ1) is 19.7. The molecular weight excluding hydrogens is 368 g/mol. The number of aryl methyl sites for hydroxylation is 1. The molecule has 3 heterocycles. The van der Waals surface area contributed by atoms with Gasteiger partial charge in [0.2, 0.25) is 5.88 Å². The van der Waals surface area contributed by atoms with E-state index in [0.717, 1.165) is 17.5 Å². The lowest BCUT2D eigenvalue weighted by Gasteiger charge is -2.11. The zero-order chi connectivity index (χ0) is 20.3. The number of amides is 1. The van der Waals surface area contributed by atoms with Crippen LogP contribution in [-0.4, -0.2) is 38.6 Å². The Labute approximate surface area is 160 Å². The van der Waals surface area contributed by atoms with Crippen molar-refractivity contribution in [3.8, 4) is 5.88 Å². The van der Waals surface area contributed by atoms with E-state index in [-0.39, 0.29) is 18.3 Å². The number of rotatable bonds is 7. The van der Waals surface area contributed by atoms with Crippen molar-refractivity contribution in [2.24, 2.45) is 0 Å². The van der Waals surface area contributed by atoms with Crippen molar-refractivity contribution in [3.63, 3.8) is 0 Å². The molecule has 0 saturated heterocycles. The largest absolute Gasteiger partial charge is 0.417 e. The molecule has 9 heteroatoms. The SMILES string of the molecule is CCCNC(=O)c1cn(Cc2ncnc(OC(F)F)c2C)c2cc(C)cnc12. The molecule has 0 spiro atoms. The summed E-state index contributed by atoms with van der Waals surface area (Å²) in [4.78, 5) is 24.9. The normalized spacial score (nSPS) is 11.2. The lowest BCUT2D eigenvalue weighted by atomic mass is 10.2. The maximum atomic E-state index is 12.6. The quantitative estimate of drug-likeness (QED) is 0.671. The standard InChI is InChI=1S/C19H21F2N5O2/c1-4-5-22-17(27)13-8-26(15-6-11(2)7-23-16(13)15)9-14-12(3)18(25-10-24-14)28-19(20)21/h6-8,10,19H,4-5,9H2,1-3H3,(H,22,27). The van der Waals surface area contributed by atoms with Crippen LogP contribution in [0.3, 0.4) is 0 Å². The van der Waals surface area contributed by atoms with Gasteiger partial charge in [0.1, 0.15) is 11.8 Å². The highest BCUT2D eigenvalue weighted by Gasteiger charge is 2.18.